The van der Waals surface area contributed by atoms with Crippen LogP contribution in [0, 0.1) is 5.92 Å². The molecule has 1 atom stereocenters. The minimum atomic E-state index is -0.442. The van der Waals surface area contributed by atoms with Crippen LogP contribution in [0.2, 0.25) is 0 Å². The molecule has 6 heteroatoms. The van der Waals surface area contributed by atoms with Gasteiger partial charge in [-0.1, -0.05) is 0 Å². The first kappa shape index (κ1) is 20.6. The minimum absolute atomic E-state index is 0.339. The SMILES string of the molecule is COCC(CCCNC(=O)OC(C)(C)C)NCC1CCSCC1. The second-order valence-electron chi connectivity index (χ2n) is 7.19. The predicted octanol–water partition coefficient (Wildman–Crippen LogP) is 3.04. The Hall–Kier alpha value is -0.460. The summed E-state index contributed by atoms with van der Waals surface area (Å²) in [6, 6.07) is 0.356. The number of amides is 1. The predicted molar refractivity (Wildman–Crippen MR) is 97.2 cm³/mol. The number of ether oxygens (including phenoxy) is 2. The smallest absolute Gasteiger partial charge is 0.407 e. The molecular formula is C17H34N2O3S. The lowest BCUT2D eigenvalue weighted by Gasteiger charge is -2.25. The van der Waals surface area contributed by atoms with Crippen LogP contribution in [-0.4, -0.2) is 56.0 Å². The topological polar surface area (TPSA) is 59.6 Å². The van der Waals surface area contributed by atoms with E-state index in [2.05, 4.69) is 22.4 Å². The van der Waals surface area contributed by atoms with E-state index in [9.17, 15) is 4.79 Å². The van der Waals surface area contributed by atoms with Crippen LogP contribution in [0.1, 0.15) is 46.5 Å². The molecule has 136 valence electrons. The van der Waals surface area contributed by atoms with Crippen LogP contribution in [0.4, 0.5) is 4.79 Å². The Morgan fingerprint density at radius 3 is 2.61 bits per heavy atom. The number of alkyl carbamates (subject to hydrolysis) is 1. The average Bonchev–Trinajstić information content (AvgIpc) is 2.48. The van der Waals surface area contributed by atoms with Crippen molar-refractivity contribution in [3.05, 3.63) is 0 Å². The fraction of sp³-hybridized carbons (Fsp3) is 0.941. The number of methoxy groups -OCH3 is 1. The van der Waals surface area contributed by atoms with E-state index in [0.29, 0.717) is 19.2 Å². The van der Waals surface area contributed by atoms with E-state index in [1.807, 2.05) is 20.8 Å². The fourth-order valence-electron chi connectivity index (χ4n) is 2.58. The third-order valence-corrected chi connectivity index (χ3v) is 4.85. The van der Waals surface area contributed by atoms with Crippen LogP contribution in [0.15, 0.2) is 0 Å². The molecule has 0 aromatic carbocycles. The van der Waals surface area contributed by atoms with Crippen molar-refractivity contribution in [3.8, 4) is 0 Å². The summed E-state index contributed by atoms with van der Waals surface area (Å²) in [5.41, 5.74) is -0.442. The molecule has 1 rings (SSSR count). The molecule has 1 aliphatic heterocycles. The lowest BCUT2D eigenvalue weighted by molar-refractivity contribution is 0.0526. The molecule has 0 radical (unpaired) electrons. The van der Waals surface area contributed by atoms with Gasteiger partial charge in [-0.15, -0.1) is 0 Å². The Labute approximate surface area is 145 Å². The molecule has 0 bridgehead atoms. The Balaban J connectivity index is 2.15. The third kappa shape index (κ3) is 10.8. The van der Waals surface area contributed by atoms with Gasteiger partial charge in [0.1, 0.15) is 5.60 Å². The molecule has 1 fully saturated rings. The molecule has 0 aromatic heterocycles. The second kappa shape index (κ2) is 11.2. The summed E-state index contributed by atoms with van der Waals surface area (Å²) in [6.07, 6.45) is 4.20. The summed E-state index contributed by atoms with van der Waals surface area (Å²) in [6.45, 7) is 8.04. The highest BCUT2D eigenvalue weighted by Gasteiger charge is 2.17. The highest BCUT2D eigenvalue weighted by Crippen LogP contribution is 2.22. The molecule has 1 amide bonds. The number of carbonyl (C=O) groups excluding carboxylic acids is 1. The molecular weight excluding hydrogens is 312 g/mol. The number of nitrogens with one attached hydrogen (secondary N) is 2. The normalized spacial score (nSPS) is 17.7. The van der Waals surface area contributed by atoms with Crippen molar-refractivity contribution in [2.75, 3.05) is 38.3 Å². The van der Waals surface area contributed by atoms with Gasteiger partial charge in [0, 0.05) is 19.7 Å². The maximum Gasteiger partial charge on any atom is 0.407 e. The van der Waals surface area contributed by atoms with Gasteiger partial charge in [-0.25, -0.2) is 4.79 Å². The molecule has 23 heavy (non-hydrogen) atoms. The van der Waals surface area contributed by atoms with Crippen molar-refractivity contribution in [1.29, 1.82) is 0 Å². The maximum atomic E-state index is 11.6. The first-order chi connectivity index (χ1) is 10.9. The molecule has 1 unspecified atom stereocenters. The monoisotopic (exact) mass is 346 g/mol. The van der Waals surface area contributed by atoms with Crippen LogP contribution in [0.5, 0.6) is 0 Å². The van der Waals surface area contributed by atoms with E-state index < -0.39 is 5.60 Å². The molecule has 0 spiro atoms. The van der Waals surface area contributed by atoms with E-state index in [1.165, 1.54) is 24.3 Å². The van der Waals surface area contributed by atoms with Gasteiger partial charge in [-0.05, 0) is 70.4 Å². The lowest BCUT2D eigenvalue weighted by Crippen LogP contribution is -2.38. The number of rotatable bonds is 9. The van der Waals surface area contributed by atoms with Gasteiger partial charge >= 0.3 is 6.09 Å². The van der Waals surface area contributed by atoms with E-state index in [-0.39, 0.29) is 6.09 Å². The summed E-state index contributed by atoms with van der Waals surface area (Å²) in [5.74, 6) is 3.39. The molecule has 0 saturated carbocycles. The zero-order valence-electron chi connectivity index (χ0n) is 15.2. The summed E-state index contributed by atoms with van der Waals surface area (Å²) < 4.78 is 10.5. The summed E-state index contributed by atoms with van der Waals surface area (Å²) in [7, 11) is 1.74. The number of hydrogen-bond acceptors (Lipinski definition) is 5. The van der Waals surface area contributed by atoms with Crippen molar-refractivity contribution in [1.82, 2.24) is 10.6 Å². The molecule has 1 heterocycles. The van der Waals surface area contributed by atoms with E-state index in [0.717, 1.165) is 25.3 Å². The van der Waals surface area contributed by atoms with Gasteiger partial charge in [0.2, 0.25) is 0 Å². The zero-order chi connectivity index (χ0) is 17.1. The molecule has 1 aliphatic rings. The van der Waals surface area contributed by atoms with Crippen molar-refractivity contribution < 1.29 is 14.3 Å². The van der Waals surface area contributed by atoms with Crippen LogP contribution < -0.4 is 10.6 Å². The fourth-order valence-corrected chi connectivity index (χ4v) is 3.79. The number of thioether (sulfide) groups is 1. The molecule has 0 aromatic rings. The third-order valence-electron chi connectivity index (χ3n) is 3.80. The van der Waals surface area contributed by atoms with Gasteiger partial charge in [-0.3, -0.25) is 0 Å². The summed E-state index contributed by atoms with van der Waals surface area (Å²) in [4.78, 5) is 11.6. The van der Waals surface area contributed by atoms with Crippen molar-refractivity contribution in [2.45, 2.75) is 58.1 Å². The summed E-state index contributed by atoms with van der Waals surface area (Å²) >= 11 is 2.06. The first-order valence-corrected chi connectivity index (χ1v) is 9.83. The van der Waals surface area contributed by atoms with Crippen molar-refractivity contribution in [2.24, 2.45) is 5.92 Å². The Bertz CT molecular complexity index is 328. The second-order valence-corrected chi connectivity index (χ2v) is 8.41. The highest BCUT2D eigenvalue weighted by molar-refractivity contribution is 7.99. The van der Waals surface area contributed by atoms with E-state index in [4.69, 9.17) is 9.47 Å². The Morgan fingerprint density at radius 2 is 2.00 bits per heavy atom. The molecule has 1 saturated heterocycles. The van der Waals surface area contributed by atoms with E-state index >= 15 is 0 Å². The van der Waals surface area contributed by atoms with Gasteiger partial charge in [0.25, 0.3) is 0 Å². The van der Waals surface area contributed by atoms with Crippen molar-refractivity contribution >= 4 is 17.9 Å². The van der Waals surface area contributed by atoms with Crippen LogP contribution in [0.25, 0.3) is 0 Å². The molecule has 0 aliphatic carbocycles. The lowest BCUT2D eigenvalue weighted by atomic mass is 10.0. The van der Waals surface area contributed by atoms with Crippen LogP contribution in [-0.2, 0) is 9.47 Å². The maximum absolute atomic E-state index is 11.6. The van der Waals surface area contributed by atoms with Gasteiger partial charge in [0.15, 0.2) is 0 Å². The average molecular weight is 347 g/mol. The quantitative estimate of drug-likeness (QED) is 0.629. The highest BCUT2D eigenvalue weighted by atomic mass is 32.2. The van der Waals surface area contributed by atoms with Crippen molar-refractivity contribution in [3.63, 3.8) is 0 Å². The Kier molecular flexibility index (Phi) is 9.99. The standard InChI is InChI=1S/C17H34N2O3S/c1-17(2,3)22-16(20)18-9-5-6-15(13-21-4)19-12-14-7-10-23-11-8-14/h14-15,19H,5-13H2,1-4H3,(H,18,20). The van der Waals surface area contributed by atoms with Gasteiger partial charge in [0.05, 0.1) is 6.61 Å². The first-order valence-electron chi connectivity index (χ1n) is 8.67. The largest absolute Gasteiger partial charge is 0.444 e. The van der Waals surface area contributed by atoms with Gasteiger partial charge in [-0.2, -0.15) is 11.8 Å². The van der Waals surface area contributed by atoms with Crippen LogP contribution in [0.3, 0.4) is 0 Å². The molecule has 2 N–H and O–H groups in total. The van der Waals surface area contributed by atoms with Gasteiger partial charge < -0.3 is 20.1 Å². The van der Waals surface area contributed by atoms with E-state index in [1.54, 1.807) is 7.11 Å². The minimum Gasteiger partial charge on any atom is -0.444 e. The Morgan fingerprint density at radius 1 is 1.30 bits per heavy atom. The van der Waals surface area contributed by atoms with Crippen LogP contribution >= 0.6 is 11.8 Å². The number of hydrogen-bond donors (Lipinski definition) is 2. The zero-order valence-corrected chi connectivity index (χ0v) is 16.0. The number of carbonyl (C=O) groups is 1. The summed E-state index contributed by atoms with van der Waals surface area (Å²) in [5, 5.41) is 6.45. The molecule has 5 nitrogen and oxygen atoms in total.